The molecule has 0 N–H and O–H groups in total. The summed E-state index contributed by atoms with van der Waals surface area (Å²) in [6, 6.07) is 0. The van der Waals surface area contributed by atoms with Gasteiger partial charge in [0.05, 0.1) is 0 Å². The van der Waals surface area contributed by atoms with Crippen molar-refractivity contribution in [3.63, 3.8) is 0 Å². The van der Waals surface area contributed by atoms with E-state index in [1.54, 1.807) is 0 Å². The van der Waals surface area contributed by atoms with Crippen LogP contribution in [0.15, 0.2) is 158 Å². The molecule has 6 nitrogen and oxygen atoms in total. The average Bonchev–Trinajstić information content (AvgIpc) is 3.47. The number of hydrogen-bond acceptors (Lipinski definition) is 6. The van der Waals surface area contributed by atoms with Crippen molar-refractivity contribution in [3.05, 3.63) is 158 Å². The predicted molar refractivity (Wildman–Crippen MR) is 352 cm³/mol. The number of esters is 3. The van der Waals surface area contributed by atoms with E-state index in [0.717, 1.165) is 128 Å². The van der Waals surface area contributed by atoms with Crippen molar-refractivity contribution >= 4 is 17.9 Å². The van der Waals surface area contributed by atoms with Gasteiger partial charge in [0.25, 0.3) is 0 Å². The van der Waals surface area contributed by atoms with Crippen LogP contribution in [-0.4, -0.2) is 37.2 Å². The maximum atomic E-state index is 12.9. The highest BCUT2D eigenvalue weighted by Crippen LogP contribution is 2.15. The van der Waals surface area contributed by atoms with Gasteiger partial charge in [0.15, 0.2) is 6.10 Å². The minimum atomic E-state index is -0.815. The van der Waals surface area contributed by atoms with Crippen LogP contribution < -0.4 is 0 Å². The van der Waals surface area contributed by atoms with E-state index in [1.165, 1.54) is 103 Å². The first-order chi connectivity index (χ1) is 40.0. The van der Waals surface area contributed by atoms with Gasteiger partial charge in [-0.3, -0.25) is 14.4 Å². The molecule has 0 amide bonds. The summed E-state index contributed by atoms with van der Waals surface area (Å²) in [5.41, 5.74) is 0. The zero-order valence-corrected chi connectivity index (χ0v) is 52.2. The Balaban J connectivity index is 4.47. The van der Waals surface area contributed by atoms with Crippen LogP contribution in [0.2, 0.25) is 0 Å². The van der Waals surface area contributed by atoms with Gasteiger partial charge in [-0.2, -0.15) is 0 Å². The molecule has 1 atom stereocenters. The summed E-state index contributed by atoms with van der Waals surface area (Å²) in [7, 11) is 0. The Morgan fingerprint density at radius 3 is 0.741 bits per heavy atom. The van der Waals surface area contributed by atoms with Crippen molar-refractivity contribution < 1.29 is 28.6 Å². The molecule has 0 aromatic rings. The van der Waals surface area contributed by atoms with Crippen molar-refractivity contribution in [2.24, 2.45) is 0 Å². The van der Waals surface area contributed by atoms with E-state index in [1.807, 2.05) is 0 Å². The summed E-state index contributed by atoms with van der Waals surface area (Å²) >= 11 is 0. The molecular weight excluding hydrogens is 997 g/mol. The van der Waals surface area contributed by atoms with Crippen LogP contribution >= 0.6 is 0 Å². The third-order valence-electron chi connectivity index (χ3n) is 13.5. The molecule has 0 saturated heterocycles. The number of carbonyl (C=O) groups excluding carboxylic acids is 3. The Bertz CT molecular complexity index is 1810. The number of hydrogen-bond donors (Lipinski definition) is 0. The third-order valence-corrected chi connectivity index (χ3v) is 13.5. The molecule has 0 rings (SSSR count). The molecule has 0 radical (unpaired) electrons. The second-order valence-electron chi connectivity index (χ2n) is 21.2. The third kappa shape index (κ3) is 65.7. The molecule has 81 heavy (non-hydrogen) atoms. The quantitative estimate of drug-likeness (QED) is 0.0261. The van der Waals surface area contributed by atoms with E-state index in [2.05, 4.69) is 179 Å². The van der Waals surface area contributed by atoms with Crippen molar-refractivity contribution in [3.8, 4) is 0 Å². The van der Waals surface area contributed by atoms with Gasteiger partial charge in [0.2, 0.25) is 0 Å². The van der Waals surface area contributed by atoms with Crippen LogP contribution in [0.3, 0.4) is 0 Å². The number of rotatable bonds is 58. The van der Waals surface area contributed by atoms with Gasteiger partial charge in [0.1, 0.15) is 13.2 Å². The average molecular weight is 1120 g/mol. The van der Waals surface area contributed by atoms with Crippen molar-refractivity contribution in [1.82, 2.24) is 0 Å². The summed E-state index contributed by atoms with van der Waals surface area (Å²) in [5.74, 6) is -0.974. The largest absolute Gasteiger partial charge is 0.462 e. The first-order valence-electron chi connectivity index (χ1n) is 33.0. The molecule has 0 aliphatic rings. The van der Waals surface area contributed by atoms with Crippen molar-refractivity contribution in [2.45, 2.75) is 284 Å². The number of ether oxygens (including phenoxy) is 3. The summed E-state index contributed by atoms with van der Waals surface area (Å²) in [5, 5.41) is 0. The van der Waals surface area contributed by atoms with E-state index in [0.29, 0.717) is 19.3 Å². The van der Waals surface area contributed by atoms with Gasteiger partial charge >= 0.3 is 17.9 Å². The maximum absolute atomic E-state index is 12.9. The Hall–Kier alpha value is -4.97. The van der Waals surface area contributed by atoms with Gasteiger partial charge in [0, 0.05) is 19.3 Å². The van der Waals surface area contributed by atoms with Gasteiger partial charge in [-0.15, -0.1) is 0 Å². The Kier molecular flexibility index (Phi) is 63.4. The molecule has 0 aliphatic carbocycles. The molecule has 0 fully saturated rings. The van der Waals surface area contributed by atoms with Crippen molar-refractivity contribution in [2.75, 3.05) is 13.2 Å². The molecule has 0 bridgehead atoms. The highest BCUT2D eigenvalue weighted by atomic mass is 16.6. The van der Waals surface area contributed by atoms with E-state index in [4.69, 9.17) is 14.2 Å². The normalized spacial score (nSPS) is 13.2. The number of unbranched alkanes of at least 4 members (excludes halogenated alkanes) is 21. The lowest BCUT2D eigenvalue weighted by atomic mass is 10.0. The molecule has 1 unspecified atom stereocenters. The summed E-state index contributed by atoms with van der Waals surface area (Å²) in [6.07, 6.45) is 98.2. The van der Waals surface area contributed by atoms with E-state index < -0.39 is 6.10 Å². The van der Waals surface area contributed by atoms with Crippen LogP contribution in [0.25, 0.3) is 0 Å². The zero-order chi connectivity index (χ0) is 58.5. The minimum Gasteiger partial charge on any atom is -0.462 e. The van der Waals surface area contributed by atoms with Gasteiger partial charge in [-0.05, 0) is 135 Å². The van der Waals surface area contributed by atoms with Gasteiger partial charge < -0.3 is 14.2 Å². The van der Waals surface area contributed by atoms with E-state index >= 15 is 0 Å². The molecule has 6 heteroatoms. The van der Waals surface area contributed by atoms with E-state index in [9.17, 15) is 14.4 Å². The van der Waals surface area contributed by atoms with Crippen molar-refractivity contribution in [1.29, 1.82) is 0 Å². The van der Waals surface area contributed by atoms with E-state index in [-0.39, 0.29) is 37.5 Å². The topological polar surface area (TPSA) is 78.9 Å². The molecule has 0 spiro atoms. The Morgan fingerprint density at radius 1 is 0.247 bits per heavy atom. The molecule has 0 aromatic carbocycles. The summed E-state index contributed by atoms with van der Waals surface area (Å²) in [4.78, 5) is 38.4. The second kappa shape index (κ2) is 67.5. The van der Waals surface area contributed by atoms with Gasteiger partial charge in [-0.1, -0.05) is 281 Å². The van der Waals surface area contributed by atoms with Crippen LogP contribution in [0.5, 0.6) is 0 Å². The fourth-order valence-corrected chi connectivity index (χ4v) is 8.70. The molecule has 0 saturated carbocycles. The molecule has 0 aliphatic heterocycles. The first-order valence-corrected chi connectivity index (χ1v) is 33.0. The first kappa shape index (κ1) is 76.0. The summed E-state index contributed by atoms with van der Waals surface area (Å²) in [6.45, 7) is 6.26. The monoisotopic (exact) mass is 1120 g/mol. The van der Waals surface area contributed by atoms with Gasteiger partial charge in [-0.25, -0.2) is 0 Å². The predicted octanol–water partition coefficient (Wildman–Crippen LogP) is 22.9. The smallest absolute Gasteiger partial charge is 0.306 e. The van der Waals surface area contributed by atoms with Crippen LogP contribution in [-0.2, 0) is 28.6 Å². The SMILES string of the molecule is CC/C=C\C/C=C\C/C=C\C/C=C\C/C=C\CCCC(=O)OCC(COC(=O)CCCCCCCCCCCC/C=C\C/C=C\C/C=C\C/C=C\CC)OC(=O)CCCCCCCCCCCC/C=C\C/C=C\C/C=C\C/C=C\CC. The van der Waals surface area contributed by atoms with Crippen LogP contribution in [0.4, 0.5) is 0 Å². The number of carbonyl (C=O) groups is 3. The Morgan fingerprint density at radius 2 is 0.457 bits per heavy atom. The lowest BCUT2D eigenvalue weighted by Gasteiger charge is -2.18. The fraction of sp³-hybridized carbons (Fsp3) is 0.613. The second-order valence-corrected chi connectivity index (χ2v) is 21.2. The Labute approximate surface area is 499 Å². The zero-order valence-electron chi connectivity index (χ0n) is 52.2. The number of allylic oxidation sites excluding steroid dienone is 26. The highest BCUT2D eigenvalue weighted by Gasteiger charge is 2.19. The lowest BCUT2D eigenvalue weighted by Crippen LogP contribution is -2.30. The molecule has 0 aromatic heterocycles. The molecular formula is C75H120O6. The summed E-state index contributed by atoms with van der Waals surface area (Å²) < 4.78 is 16.9. The lowest BCUT2D eigenvalue weighted by molar-refractivity contribution is -0.167. The van der Waals surface area contributed by atoms with Crippen LogP contribution in [0, 0.1) is 0 Å². The maximum Gasteiger partial charge on any atom is 0.306 e. The highest BCUT2D eigenvalue weighted by molar-refractivity contribution is 5.71. The minimum absolute atomic E-state index is 0.105. The molecule has 0 heterocycles. The molecule has 456 valence electrons. The fourth-order valence-electron chi connectivity index (χ4n) is 8.70. The van der Waals surface area contributed by atoms with Crippen LogP contribution in [0.1, 0.15) is 278 Å². The standard InChI is InChI=1S/C75H120O6/c1-4-7-10-13-16-19-22-25-28-31-33-35-37-39-41-44-47-50-53-56-59-62-65-68-74(77)80-71-72(70-79-73(76)67-64-61-58-55-52-49-46-43-30-27-24-21-18-15-12-9-6-3)81-75(78)69-66-63-60-57-54-51-48-45-42-40-38-36-34-32-29-26-23-20-17-14-11-8-5-2/h7-12,16-21,25-30,33-36,46,49,55,58,72H,4-6,13-15,22-24,31-32,37-45,47-48,50-54,56-57,59-71H2,1-3H3/b10-7-,11-8-,12-9-,19-16-,20-17-,21-18-,28-25-,29-26-,30-27-,35-33-,36-34-,49-46-,58-55-.